The third kappa shape index (κ3) is 6.83. The Morgan fingerprint density at radius 1 is 1.15 bits per heavy atom. The van der Waals surface area contributed by atoms with E-state index in [1.54, 1.807) is 0 Å². The molecule has 3 rings (SSSR count). The number of rotatable bonds is 7. The lowest BCUT2D eigenvalue weighted by Gasteiger charge is -2.34. The van der Waals surface area contributed by atoms with Crippen molar-refractivity contribution in [3.63, 3.8) is 0 Å². The van der Waals surface area contributed by atoms with Gasteiger partial charge in [0.2, 0.25) is 17.8 Å². The van der Waals surface area contributed by atoms with Crippen LogP contribution in [0.15, 0.2) is 6.20 Å². The largest absolute Gasteiger partial charge is 0.421 e. The van der Waals surface area contributed by atoms with Crippen molar-refractivity contribution in [3.05, 3.63) is 11.8 Å². The van der Waals surface area contributed by atoms with Crippen LogP contribution in [0, 0.1) is 0 Å². The van der Waals surface area contributed by atoms with E-state index in [9.17, 15) is 22.8 Å². The molecule has 2 amide bonds. The van der Waals surface area contributed by atoms with Gasteiger partial charge in [-0.3, -0.25) is 9.59 Å². The maximum absolute atomic E-state index is 13.6. The van der Waals surface area contributed by atoms with Crippen molar-refractivity contribution in [2.24, 2.45) is 0 Å². The number of alkyl halides is 4. The van der Waals surface area contributed by atoms with Gasteiger partial charge < -0.3 is 26.0 Å². The van der Waals surface area contributed by atoms with Crippen LogP contribution in [0.3, 0.4) is 0 Å². The summed E-state index contributed by atoms with van der Waals surface area (Å²) in [7, 11) is 0. The summed E-state index contributed by atoms with van der Waals surface area (Å²) in [5.41, 5.74) is -0.998. The number of carbonyl (C=O) groups is 2. The van der Waals surface area contributed by atoms with Crippen molar-refractivity contribution in [2.45, 2.75) is 62.8 Å². The summed E-state index contributed by atoms with van der Waals surface area (Å²) >= 11 is 5.57. The summed E-state index contributed by atoms with van der Waals surface area (Å²) in [6, 6.07) is -1.07. The van der Waals surface area contributed by atoms with E-state index in [4.69, 9.17) is 16.7 Å². The monoisotopic (exact) mass is 492 g/mol. The number of aliphatic hydroxyl groups excluding tert-OH is 1. The highest BCUT2D eigenvalue weighted by atomic mass is 35.5. The second-order valence-corrected chi connectivity index (χ2v) is 8.55. The lowest BCUT2D eigenvalue weighted by atomic mass is 9.90. The first-order valence-corrected chi connectivity index (χ1v) is 11.5. The quantitative estimate of drug-likeness (QED) is 0.430. The van der Waals surface area contributed by atoms with Crippen LogP contribution in [0.5, 0.6) is 0 Å². The number of nitrogens with zero attached hydrogens (tertiary/aromatic N) is 3. The predicted octanol–water partition coefficient (Wildman–Crippen LogP) is 1.97. The molecule has 1 aromatic rings. The van der Waals surface area contributed by atoms with Crippen molar-refractivity contribution >= 4 is 35.2 Å². The van der Waals surface area contributed by atoms with Gasteiger partial charge in [-0.05, 0) is 25.7 Å². The highest BCUT2D eigenvalue weighted by Gasteiger charge is 2.37. The normalized spacial score (nSPS) is 23.7. The third-order valence-corrected chi connectivity index (χ3v) is 6.14. The van der Waals surface area contributed by atoms with Gasteiger partial charge in [0, 0.05) is 37.4 Å². The Morgan fingerprint density at radius 3 is 2.55 bits per heavy atom. The van der Waals surface area contributed by atoms with E-state index in [2.05, 4.69) is 25.9 Å². The van der Waals surface area contributed by atoms with Gasteiger partial charge in [-0.25, -0.2) is 4.98 Å². The molecule has 2 fully saturated rings. The van der Waals surface area contributed by atoms with Crippen LogP contribution in [-0.2, 0) is 15.8 Å². The summed E-state index contributed by atoms with van der Waals surface area (Å²) in [4.78, 5) is 33.0. The number of nitrogens with one attached hydrogen (secondary N) is 3. The Bertz CT molecular complexity index is 844. The highest BCUT2D eigenvalue weighted by Crippen LogP contribution is 2.35. The molecule has 1 aliphatic heterocycles. The van der Waals surface area contributed by atoms with Gasteiger partial charge in [0.25, 0.3) is 0 Å². The van der Waals surface area contributed by atoms with Crippen LogP contribution in [0.25, 0.3) is 0 Å². The molecule has 1 aliphatic carbocycles. The number of carbonyl (C=O) groups excluding carboxylic acids is 2. The highest BCUT2D eigenvalue weighted by molar-refractivity contribution is 6.27. The smallest absolute Gasteiger partial charge is 0.387 e. The van der Waals surface area contributed by atoms with Crippen molar-refractivity contribution in [1.29, 1.82) is 0 Å². The molecule has 1 saturated heterocycles. The lowest BCUT2D eigenvalue weighted by molar-refractivity contribution is -0.137. The SMILES string of the molecule is O=C(CCl)N[C@@H]1CCCC[C@H]1Nc1nc(NC2CCCN(C(=O)CO)C2)ncc1C(F)(F)F. The number of aromatic nitrogens is 2. The van der Waals surface area contributed by atoms with Gasteiger partial charge in [0.1, 0.15) is 23.9 Å². The number of halogens is 4. The van der Waals surface area contributed by atoms with Crippen molar-refractivity contribution in [3.8, 4) is 0 Å². The van der Waals surface area contributed by atoms with E-state index in [0.717, 1.165) is 19.0 Å². The summed E-state index contributed by atoms with van der Waals surface area (Å²) in [6.45, 7) is 0.206. The second-order valence-electron chi connectivity index (χ2n) is 8.28. The number of hydrogen-bond acceptors (Lipinski definition) is 7. The summed E-state index contributed by atoms with van der Waals surface area (Å²) in [6.07, 6.45) is 0.257. The fraction of sp³-hybridized carbons (Fsp3) is 0.700. The molecule has 33 heavy (non-hydrogen) atoms. The summed E-state index contributed by atoms with van der Waals surface area (Å²) < 4.78 is 40.9. The van der Waals surface area contributed by atoms with E-state index in [1.165, 1.54) is 4.90 Å². The van der Waals surface area contributed by atoms with E-state index < -0.39 is 30.3 Å². The molecule has 2 heterocycles. The number of amides is 2. The van der Waals surface area contributed by atoms with Gasteiger partial charge in [0.15, 0.2) is 0 Å². The Labute approximate surface area is 194 Å². The van der Waals surface area contributed by atoms with Crippen LogP contribution < -0.4 is 16.0 Å². The molecule has 3 atom stereocenters. The molecule has 9 nitrogen and oxygen atoms in total. The molecular formula is C20H28ClF3N6O3. The summed E-state index contributed by atoms with van der Waals surface area (Å²) in [5, 5.41) is 17.7. The Morgan fingerprint density at radius 2 is 1.88 bits per heavy atom. The molecule has 2 aliphatic rings. The van der Waals surface area contributed by atoms with Gasteiger partial charge in [-0.1, -0.05) is 12.8 Å². The van der Waals surface area contributed by atoms with Crippen LogP contribution in [0.1, 0.15) is 44.1 Å². The van der Waals surface area contributed by atoms with Crippen LogP contribution in [0.4, 0.5) is 24.9 Å². The second kappa shape index (κ2) is 11.2. The minimum atomic E-state index is -4.67. The van der Waals surface area contributed by atoms with Crippen LogP contribution in [-0.4, -0.2) is 75.5 Å². The fourth-order valence-electron chi connectivity index (χ4n) is 4.27. The molecule has 4 N–H and O–H groups in total. The molecule has 184 valence electrons. The molecule has 0 bridgehead atoms. The standard InChI is InChI=1S/C20H28ClF3N6O3/c21-8-16(32)27-14-5-1-2-6-15(14)28-18-13(20(22,23)24)9-25-19(29-18)26-12-4-3-7-30(10-12)17(33)11-31/h9,12,14-15,31H,1-8,10-11H2,(H,27,32)(H2,25,26,28,29)/t12?,14-,15-/m1/s1. The van der Waals surface area contributed by atoms with E-state index in [1.807, 2.05) is 0 Å². The predicted molar refractivity (Wildman–Crippen MR) is 116 cm³/mol. The zero-order chi connectivity index (χ0) is 24.0. The van der Waals surface area contributed by atoms with Crippen molar-refractivity contribution in [1.82, 2.24) is 20.2 Å². The lowest BCUT2D eigenvalue weighted by Crippen LogP contribution is -2.49. The Kier molecular flexibility index (Phi) is 8.57. The molecular weight excluding hydrogens is 465 g/mol. The zero-order valence-electron chi connectivity index (χ0n) is 18.0. The molecule has 0 spiro atoms. The average molecular weight is 493 g/mol. The molecule has 0 aromatic carbocycles. The number of piperidine rings is 1. The molecule has 0 radical (unpaired) electrons. The van der Waals surface area contributed by atoms with E-state index in [0.29, 0.717) is 38.8 Å². The maximum Gasteiger partial charge on any atom is 0.421 e. The number of aliphatic hydroxyl groups is 1. The molecule has 13 heteroatoms. The van der Waals surface area contributed by atoms with Crippen molar-refractivity contribution in [2.75, 3.05) is 36.2 Å². The zero-order valence-corrected chi connectivity index (χ0v) is 18.8. The number of likely N-dealkylation sites (tertiary alicyclic amines) is 1. The summed E-state index contributed by atoms with van der Waals surface area (Å²) in [5.74, 6) is -1.37. The van der Waals surface area contributed by atoms with E-state index >= 15 is 0 Å². The molecule has 1 unspecified atom stereocenters. The topological polar surface area (TPSA) is 119 Å². The van der Waals surface area contributed by atoms with Gasteiger partial charge in [0.05, 0.1) is 0 Å². The van der Waals surface area contributed by atoms with Gasteiger partial charge in [-0.15, -0.1) is 11.6 Å². The fourth-order valence-corrected chi connectivity index (χ4v) is 4.35. The number of anilines is 2. The first kappa shape index (κ1) is 25.3. The van der Waals surface area contributed by atoms with Crippen LogP contribution in [0.2, 0.25) is 0 Å². The first-order valence-electron chi connectivity index (χ1n) is 10.9. The van der Waals surface area contributed by atoms with Gasteiger partial charge in [-0.2, -0.15) is 18.2 Å². The molecule has 1 aromatic heterocycles. The maximum atomic E-state index is 13.6. The minimum absolute atomic E-state index is 0.00551. The van der Waals surface area contributed by atoms with Gasteiger partial charge >= 0.3 is 6.18 Å². The van der Waals surface area contributed by atoms with Crippen LogP contribution >= 0.6 is 11.6 Å². The third-order valence-electron chi connectivity index (χ3n) is 5.89. The first-order chi connectivity index (χ1) is 15.7. The average Bonchev–Trinajstić information content (AvgIpc) is 2.79. The van der Waals surface area contributed by atoms with E-state index in [-0.39, 0.29) is 35.6 Å². The van der Waals surface area contributed by atoms with Crippen molar-refractivity contribution < 1.29 is 27.9 Å². The molecule has 1 saturated carbocycles. The minimum Gasteiger partial charge on any atom is -0.387 e. The number of hydrogen-bond donors (Lipinski definition) is 4. The Hall–Kier alpha value is -2.34. The Balaban J connectivity index is 1.78.